The van der Waals surface area contributed by atoms with Crippen LogP contribution in [0.25, 0.3) is 28.5 Å². The molecule has 0 aliphatic heterocycles. The van der Waals surface area contributed by atoms with E-state index >= 15 is 0 Å². The first-order valence-corrected chi connectivity index (χ1v) is 11.5. The van der Waals surface area contributed by atoms with Gasteiger partial charge in [-0.05, 0) is 49.7 Å². The molecule has 0 bridgehead atoms. The van der Waals surface area contributed by atoms with Crippen LogP contribution in [0.3, 0.4) is 0 Å². The lowest BCUT2D eigenvalue weighted by molar-refractivity contribution is 0.451. The SMILES string of the molecule is Cc1ccc(-c2nnc(CSc3nnc(-c4cc(O)cc(O)c4)n3-c3ccccc3C)o2)cc1. The highest BCUT2D eigenvalue weighted by atomic mass is 32.2. The van der Waals surface area contributed by atoms with Crippen molar-refractivity contribution in [3.8, 4) is 40.0 Å². The van der Waals surface area contributed by atoms with Gasteiger partial charge in [-0.2, -0.15) is 0 Å². The number of hydrogen-bond donors (Lipinski definition) is 2. The van der Waals surface area contributed by atoms with Crippen molar-refractivity contribution in [1.82, 2.24) is 25.0 Å². The van der Waals surface area contributed by atoms with Crippen LogP contribution >= 0.6 is 11.8 Å². The van der Waals surface area contributed by atoms with Gasteiger partial charge < -0.3 is 14.6 Å². The summed E-state index contributed by atoms with van der Waals surface area (Å²) in [5.74, 6) is 1.71. The average Bonchev–Trinajstić information content (AvgIpc) is 3.45. The number of phenols is 2. The molecule has 2 aromatic heterocycles. The Bertz CT molecular complexity index is 1440. The number of benzene rings is 3. The van der Waals surface area contributed by atoms with Crippen molar-refractivity contribution >= 4 is 11.8 Å². The lowest BCUT2D eigenvalue weighted by atomic mass is 10.1. The number of para-hydroxylation sites is 1. The van der Waals surface area contributed by atoms with E-state index in [4.69, 9.17) is 4.42 Å². The Kier molecular flexibility index (Phi) is 5.77. The number of aryl methyl sites for hydroxylation is 2. The van der Waals surface area contributed by atoms with Gasteiger partial charge in [-0.3, -0.25) is 4.57 Å². The molecule has 170 valence electrons. The van der Waals surface area contributed by atoms with Crippen LogP contribution in [0.5, 0.6) is 11.5 Å². The summed E-state index contributed by atoms with van der Waals surface area (Å²) in [4.78, 5) is 0. The van der Waals surface area contributed by atoms with Crippen LogP contribution < -0.4 is 0 Å². The summed E-state index contributed by atoms with van der Waals surface area (Å²) in [6.07, 6.45) is 0. The topological polar surface area (TPSA) is 110 Å². The molecule has 0 atom stereocenters. The van der Waals surface area contributed by atoms with Gasteiger partial charge in [0.05, 0.1) is 11.4 Å². The fourth-order valence-corrected chi connectivity index (χ4v) is 4.34. The Morgan fingerprint density at radius 1 is 0.824 bits per heavy atom. The van der Waals surface area contributed by atoms with Gasteiger partial charge in [-0.25, -0.2) is 0 Å². The van der Waals surface area contributed by atoms with E-state index in [0.717, 1.165) is 22.4 Å². The number of nitrogens with zero attached hydrogens (tertiary/aromatic N) is 5. The Labute approximate surface area is 199 Å². The lowest BCUT2D eigenvalue weighted by Crippen LogP contribution is -2.02. The quantitative estimate of drug-likeness (QED) is 0.321. The van der Waals surface area contributed by atoms with Crippen molar-refractivity contribution < 1.29 is 14.6 Å². The maximum absolute atomic E-state index is 9.99. The van der Waals surface area contributed by atoms with E-state index in [2.05, 4.69) is 20.4 Å². The number of aromatic nitrogens is 5. The van der Waals surface area contributed by atoms with Gasteiger partial charge in [-0.15, -0.1) is 20.4 Å². The van der Waals surface area contributed by atoms with Gasteiger partial charge in [0.15, 0.2) is 11.0 Å². The van der Waals surface area contributed by atoms with Crippen molar-refractivity contribution in [3.63, 3.8) is 0 Å². The molecule has 0 radical (unpaired) electrons. The molecular weight excluding hydrogens is 450 g/mol. The molecule has 34 heavy (non-hydrogen) atoms. The first-order valence-electron chi connectivity index (χ1n) is 10.5. The minimum absolute atomic E-state index is 0.0574. The normalized spacial score (nSPS) is 11.1. The number of rotatable bonds is 6. The molecule has 0 unspecified atom stereocenters. The number of hydrogen-bond acceptors (Lipinski definition) is 8. The first kappa shape index (κ1) is 21.7. The predicted octanol–water partition coefficient (Wildman–Crippen LogP) is 5.30. The summed E-state index contributed by atoms with van der Waals surface area (Å²) in [7, 11) is 0. The van der Waals surface area contributed by atoms with E-state index in [0.29, 0.717) is 34.1 Å². The third-order valence-electron chi connectivity index (χ3n) is 5.24. The molecule has 0 saturated carbocycles. The number of phenolic OH excluding ortho intramolecular Hbond substituents is 2. The molecule has 3 aromatic carbocycles. The molecule has 8 nitrogen and oxygen atoms in total. The van der Waals surface area contributed by atoms with Crippen molar-refractivity contribution in [2.24, 2.45) is 0 Å². The highest BCUT2D eigenvalue weighted by Gasteiger charge is 2.19. The van der Waals surface area contributed by atoms with Gasteiger partial charge in [0, 0.05) is 17.2 Å². The molecule has 0 fully saturated rings. The second-order valence-electron chi connectivity index (χ2n) is 7.82. The van der Waals surface area contributed by atoms with E-state index in [-0.39, 0.29) is 11.5 Å². The minimum Gasteiger partial charge on any atom is -0.508 e. The van der Waals surface area contributed by atoms with Crippen molar-refractivity contribution in [2.45, 2.75) is 24.8 Å². The van der Waals surface area contributed by atoms with Crippen LogP contribution in [0, 0.1) is 13.8 Å². The molecule has 5 rings (SSSR count). The van der Waals surface area contributed by atoms with Crippen molar-refractivity contribution in [2.75, 3.05) is 0 Å². The summed E-state index contributed by atoms with van der Waals surface area (Å²) in [5, 5.41) is 37.7. The van der Waals surface area contributed by atoms with E-state index in [1.54, 1.807) is 12.1 Å². The maximum atomic E-state index is 9.99. The highest BCUT2D eigenvalue weighted by molar-refractivity contribution is 7.98. The maximum Gasteiger partial charge on any atom is 0.247 e. The van der Waals surface area contributed by atoms with E-state index in [1.165, 1.54) is 17.8 Å². The van der Waals surface area contributed by atoms with Crippen LogP contribution in [0.1, 0.15) is 17.0 Å². The Balaban J connectivity index is 1.48. The zero-order valence-electron chi connectivity index (χ0n) is 18.5. The Morgan fingerprint density at radius 2 is 1.56 bits per heavy atom. The van der Waals surface area contributed by atoms with Gasteiger partial charge in [0.25, 0.3) is 0 Å². The Morgan fingerprint density at radius 3 is 2.29 bits per heavy atom. The van der Waals surface area contributed by atoms with E-state index in [9.17, 15) is 10.2 Å². The van der Waals surface area contributed by atoms with Crippen LogP contribution in [0.4, 0.5) is 0 Å². The van der Waals surface area contributed by atoms with Crippen molar-refractivity contribution in [3.05, 3.63) is 83.7 Å². The van der Waals surface area contributed by atoms with Crippen molar-refractivity contribution in [1.29, 1.82) is 0 Å². The molecule has 0 aliphatic rings. The second kappa shape index (κ2) is 9.03. The summed E-state index contributed by atoms with van der Waals surface area (Å²) >= 11 is 1.41. The minimum atomic E-state index is -0.0574. The third-order valence-corrected chi connectivity index (χ3v) is 6.15. The van der Waals surface area contributed by atoms with E-state index < -0.39 is 0 Å². The molecular formula is C25H21N5O3S. The van der Waals surface area contributed by atoms with Gasteiger partial charge in [0.2, 0.25) is 11.8 Å². The molecule has 2 N–H and O–H groups in total. The second-order valence-corrected chi connectivity index (χ2v) is 8.76. The first-order chi connectivity index (χ1) is 16.5. The zero-order chi connectivity index (χ0) is 23.7. The zero-order valence-corrected chi connectivity index (χ0v) is 19.3. The monoisotopic (exact) mass is 471 g/mol. The van der Waals surface area contributed by atoms with Crippen LogP contribution in [-0.4, -0.2) is 35.2 Å². The number of thioether (sulfide) groups is 1. The molecule has 0 amide bonds. The molecule has 2 heterocycles. The lowest BCUT2D eigenvalue weighted by Gasteiger charge is -2.13. The fraction of sp³-hybridized carbons (Fsp3) is 0.120. The van der Waals surface area contributed by atoms with Gasteiger partial charge in [0.1, 0.15) is 11.5 Å². The fourth-order valence-electron chi connectivity index (χ4n) is 3.56. The molecule has 0 saturated heterocycles. The number of aromatic hydroxyl groups is 2. The standard InChI is InChI=1S/C25H21N5O3S/c1-15-7-9-17(10-8-15)24-28-26-22(33-24)14-34-25-29-27-23(18-11-19(31)13-20(32)12-18)30(25)21-6-4-3-5-16(21)2/h3-13,31-32H,14H2,1-2H3. The molecule has 5 aromatic rings. The largest absolute Gasteiger partial charge is 0.508 e. The summed E-state index contributed by atoms with van der Waals surface area (Å²) in [5.41, 5.74) is 4.47. The molecule has 9 heteroatoms. The summed E-state index contributed by atoms with van der Waals surface area (Å²) in [6.45, 7) is 4.02. The molecule has 0 aliphatic carbocycles. The van der Waals surface area contributed by atoms with Crippen LogP contribution in [0.15, 0.2) is 76.3 Å². The predicted molar refractivity (Wildman–Crippen MR) is 129 cm³/mol. The van der Waals surface area contributed by atoms with Crippen LogP contribution in [0.2, 0.25) is 0 Å². The third kappa shape index (κ3) is 4.38. The van der Waals surface area contributed by atoms with Gasteiger partial charge in [-0.1, -0.05) is 47.7 Å². The molecule has 0 spiro atoms. The smallest absolute Gasteiger partial charge is 0.247 e. The Hall–Kier alpha value is -4.11. The van der Waals surface area contributed by atoms with Crippen LogP contribution in [-0.2, 0) is 5.75 Å². The average molecular weight is 472 g/mol. The summed E-state index contributed by atoms with van der Waals surface area (Å²) < 4.78 is 7.75. The van der Waals surface area contributed by atoms with Gasteiger partial charge >= 0.3 is 0 Å². The highest BCUT2D eigenvalue weighted by Crippen LogP contribution is 2.34. The summed E-state index contributed by atoms with van der Waals surface area (Å²) in [6, 6.07) is 20.1. The van der Waals surface area contributed by atoms with E-state index in [1.807, 2.05) is 66.9 Å².